The molecule has 0 saturated heterocycles. The van der Waals surface area contributed by atoms with E-state index in [2.05, 4.69) is 16.5 Å². The molecule has 7 heteroatoms. The smallest absolute Gasteiger partial charge is 0.166 e. The van der Waals surface area contributed by atoms with Crippen LogP contribution < -0.4 is 0 Å². The summed E-state index contributed by atoms with van der Waals surface area (Å²) in [7, 11) is 0. The van der Waals surface area contributed by atoms with E-state index >= 15 is 0 Å². The minimum Gasteiger partial charge on any atom is -0.327 e. The molecule has 35 heavy (non-hydrogen) atoms. The molecule has 182 valence electrons. The van der Waals surface area contributed by atoms with Gasteiger partial charge in [0.25, 0.3) is 0 Å². The van der Waals surface area contributed by atoms with Gasteiger partial charge >= 0.3 is 0 Å². The molecule has 0 aliphatic rings. The second-order valence-electron chi connectivity index (χ2n) is 8.52. The molecule has 0 spiro atoms. The van der Waals surface area contributed by atoms with Crippen LogP contribution in [0.2, 0.25) is 0 Å². The average molecular weight is 482 g/mol. The third-order valence-corrected chi connectivity index (χ3v) is 5.92. The third-order valence-electron chi connectivity index (χ3n) is 5.92. The number of nitrogens with zero attached hydrogens (tertiary/aromatic N) is 3. The normalized spacial score (nSPS) is 11.4. The van der Waals surface area contributed by atoms with Crippen molar-refractivity contribution in [1.29, 1.82) is 0 Å². The first kappa shape index (κ1) is 24.7. The van der Waals surface area contributed by atoms with Crippen LogP contribution in [0.1, 0.15) is 36.6 Å². The van der Waals surface area contributed by atoms with E-state index in [0.717, 1.165) is 42.0 Å². The predicted octanol–water partition coefficient (Wildman–Crippen LogP) is 7.11. The zero-order valence-corrected chi connectivity index (χ0v) is 19.5. The number of hydrogen-bond acceptors (Lipinski definition) is 2. The monoisotopic (exact) mass is 481 g/mol. The molecule has 0 saturated carbocycles. The second kappa shape index (κ2) is 11.3. The molecule has 4 aromatic rings. The topological polar surface area (TPSA) is 21.1 Å². The highest BCUT2D eigenvalue weighted by atomic mass is 19.2. The molecule has 3 nitrogen and oxygen atoms in total. The summed E-state index contributed by atoms with van der Waals surface area (Å²) >= 11 is 0. The van der Waals surface area contributed by atoms with Gasteiger partial charge in [-0.25, -0.2) is 22.5 Å². The van der Waals surface area contributed by atoms with E-state index in [-0.39, 0.29) is 19.2 Å². The van der Waals surface area contributed by atoms with E-state index in [0.29, 0.717) is 6.54 Å². The van der Waals surface area contributed by atoms with Crippen molar-refractivity contribution in [3.63, 3.8) is 0 Å². The molecule has 3 aromatic carbocycles. The summed E-state index contributed by atoms with van der Waals surface area (Å²) in [4.78, 5) is 6.41. The number of rotatable bonds is 10. The lowest BCUT2D eigenvalue weighted by molar-refractivity contribution is 0.231. The molecule has 0 amide bonds. The van der Waals surface area contributed by atoms with Crippen molar-refractivity contribution < 1.29 is 17.6 Å². The lowest BCUT2D eigenvalue weighted by Gasteiger charge is -2.24. The molecule has 1 aromatic heterocycles. The second-order valence-corrected chi connectivity index (χ2v) is 8.52. The summed E-state index contributed by atoms with van der Waals surface area (Å²) in [6, 6.07) is 19.4. The highest BCUT2D eigenvalue weighted by Crippen LogP contribution is 2.25. The Morgan fingerprint density at radius 1 is 0.800 bits per heavy atom. The van der Waals surface area contributed by atoms with Crippen molar-refractivity contribution in [2.24, 2.45) is 0 Å². The zero-order valence-electron chi connectivity index (χ0n) is 19.5. The maximum absolute atomic E-state index is 14.5. The number of benzene rings is 3. The molecular formula is C28H27F4N3. The van der Waals surface area contributed by atoms with Gasteiger partial charge in [-0.2, -0.15) is 0 Å². The molecule has 0 fully saturated rings. The van der Waals surface area contributed by atoms with Crippen LogP contribution in [0, 0.1) is 23.3 Å². The Morgan fingerprint density at radius 2 is 1.43 bits per heavy atom. The van der Waals surface area contributed by atoms with Gasteiger partial charge in [0.05, 0.1) is 11.9 Å². The van der Waals surface area contributed by atoms with E-state index < -0.39 is 28.8 Å². The Balaban J connectivity index is 1.71. The summed E-state index contributed by atoms with van der Waals surface area (Å²) in [5.74, 6) is -4.74. The molecule has 0 N–H and O–H groups in total. The van der Waals surface area contributed by atoms with Gasteiger partial charge in [-0.05, 0) is 12.0 Å². The Kier molecular flexibility index (Phi) is 7.98. The molecule has 0 unspecified atom stereocenters. The first-order valence-corrected chi connectivity index (χ1v) is 11.7. The zero-order chi connectivity index (χ0) is 24.8. The Hall–Kier alpha value is -3.45. The van der Waals surface area contributed by atoms with E-state index in [1.165, 1.54) is 0 Å². The van der Waals surface area contributed by atoms with Crippen LogP contribution in [0.4, 0.5) is 17.6 Å². The lowest BCUT2D eigenvalue weighted by Crippen LogP contribution is -2.26. The highest BCUT2D eigenvalue weighted by Gasteiger charge is 2.23. The molecule has 0 bridgehead atoms. The van der Waals surface area contributed by atoms with Gasteiger partial charge in [-0.3, -0.25) is 4.90 Å². The SMILES string of the molecule is CCCCn1c(CN(Cc2ccccc2)Cc2c(F)c(F)cc(F)c2F)cnc1-c1ccccc1. The summed E-state index contributed by atoms with van der Waals surface area (Å²) in [5, 5.41) is 0. The van der Waals surface area contributed by atoms with Crippen molar-refractivity contribution in [2.75, 3.05) is 0 Å². The van der Waals surface area contributed by atoms with Crippen LogP contribution in [0.3, 0.4) is 0 Å². The fraction of sp³-hybridized carbons (Fsp3) is 0.250. The Morgan fingerprint density at radius 3 is 2.06 bits per heavy atom. The fourth-order valence-electron chi connectivity index (χ4n) is 4.14. The summed E-state index contributed by atoms with van der Waals surface area (Å²) in [5.41, 5.74) is 2.11. The van der Waals surface area contributed by atoms with Crippen LogP contribution in [0.15, 0.2) is 72.9 Å². The van der Waals surface area contributed by atoms with Crippen LogP contribution >= 0.6 is 0 Å². The number of unbranched alkanes of at least 4 members (excludes halogenated alkanes) is 1. The molecule has 4 rings (SSSR count). The van der Waals surface area contributed by atoms with Gasteiger partial charge in [0.1, 0.15) is 5.82 Å². The Bertz CT molecular complexity index is 1230. The highest BCUT2D eigenvalue weighted by molar-refractivity contribution is 5.55. The van der Waals surface area contributed by atoms with Crippen LogP contribution in [0.25, 0.3) is 11.4 Å². The standard InChI is InChI=1S/C28H27F4N3/c1-2-3-14-35-22(16-33-28(35)21-12-8-5-9-13-21)18-34(17-20-10-6-4-7-11-20)19-23-26(31)24(29)15-25(30)27(23)32/h4-13,15-16H,2-3,14,17-19H2,1H3. The van der Waals surface area contributed by atoms with Crippen LogP contribution in [-0.4, -0.2) is 14.5 Å². The van der Waals surface area contributed by atoms with E-state index in [1.54, 1.807) is 11.1 Å². The van der Waals surface area contributed by atoms with Crippen LogP contribution in [0.5, 0.6) is 0 Å². The van der Waals surface area contributed by atoms with E-state index in [1.807, 2.05) is 60.7 Å². The van der Waals surface area contributed by atoms with E-state index in [4.69, 9.17) is 0 Å². The average Bonchev–Trinajstić information content (AvgIpc) is 3.27. The van der Waals surface area contributed by atoms with Gasteiger partial charge in [0.15, 0.2) is 23.3 Å². The maximum Gasteiger partial charge on any atom is 0.166 e. The molecular weight excluding hydrogens is 454 g/mol. The van der Waals surface area contributed by atoms with Gasteiger partial charge in [-0.1, -0.05) is 74.0 Å². The molecule has 0 aliphatic carbocycles. The van der Waals surface area contributed by atoms with Crippen molar-refractivity contribution >= 4 is 0 Å². The summed E-state index contributed by atoms with van der Waals surface area (Å²) < 4.78 is 59.0. The van der Waals surface area contributed by atoms with Gasteiger partial charge in [0.2, 0.25) is 0 Å². The minimum absolute atomic E-state index is 0.238. The Labute approximate surface area is 202 Å². The van der Waals surface area contributed by atoms with Crippen molar-refractivity contribution in [1.82, 2.24) is 14.5 Å². The van der Waals surface area contributed by atoms with Crippen LogP contribution in [-0.2, 0) is 26.2 Å². The van der Waals surface area contributed by atoms with Gasteiger partial charge in [-0.15, -0.1) is 0 Å². The number of imidazole rings is 1. The molecule has 0 atom stereocenters. The van der Waals surface area contributed by atoms with Gasteiger partial charge in [0, 0.05) is 43.4 Å². The lowest BCUT2D eigenvalue weighted by atomic mass is 10.1. The maximum atomic E-state index is 14.5. The fourth-order valence-corrected chi connectivity index (χ4v) is 4.14. The first-order valence-electron chi connectivity index (χ1n) is 11.7. The predicted molar refractivity (Wildman–Crippen MR) is 128 cm³/mol. The number of hydrogen-bond donors (Lipinski definition) is 0. The van der Waals surface area contributed by atoms with Crippen molar-refractivity contribution in [3.8, 4) is 11.4 Å². The van der Waals surface area contributed by atoms with E-state index in [9.17, 15) is 17.6 Å². The largest absolute Gasteiger partial charge is 0.327 e. The number of aromatic nitrogens is 2. The summed E-state index contributed by atoms with van der Waals surface area (Å²) in [6.07, 6.45) is 3.67. The van der Waals surface area contributed by atoms with Crippen molar-refractivity contribution in [2.45, 2.75) is 45.9 Å². The quantitative estimate of drug-likeness (QED) is 0.178. The molecule has 0 radical (unpaired) electrons. The van der Waals surface area contributed by atoms with Gasteiger partial charge < -0.3 is 4.57 Å². The molecule has 1 heterocycles. The minimum atomic E-state index is -1.40. The third kappa shape index (κ3) is 5.80. The number of halogens is 4. The first-order chi connectivity index (χ1) is 17.0. The molecule has 0 aliphatic heterocycles. The van der Waals surface area contributed by atoms with Crippen molar-refractivity contribution in [3.05, 3.63) is 113 Å². The summed E-state index contributed by atoms with van der Waals surface area (Å²) in [6.45, 7) is 3.14.